The van der Waals surface area contributed by atoms with Gasteiger partial charge in [0, 0.05) is 31.7 Å². The molecular weight excluding hydrogens is 202 g/mol. The molecule has 0 saturated carbocycles. The quantitative estimate of drug-likeness (QED) is 0.740. The Labute approximate surface area is 99.7 Å². The van der Waals surface area contributed by atoms with Crippen LogP contribution in [0.2, 0.25) is 0 Å². The van der Waals surface area contributed by atoms with Gasteiger partial charge in [0.2, 0.25) is 0 Å². The van der Waals surface area contributed by atoms with E-state index < -0.39 is 0 Å². The van der Waals surface area contributed by atoms with Crippen LogP contribution in [-0.2, 0) is 4.74 Å². The number of nitrogens with zero attached hydrogens (tertiary/aromatic N) is 2. The Morgan fingerprint density at radius 3 is 2.69 bits per heavy atom. The lowest BCUT2D eigenvalue weighted by molar-refractivity contribution is -0.0481. The van der Waals surface area contributed by atoms with Crippen LogP contribution in [0.3, 0.4) is 0 Å². The molecule has 1 aliphatic heterocycles. The van der Waals surface area contributed by atoms with Crippen molar-refractivity contribution in [3.05, 3.63) is 0 Å². The molecule has 1 rings (SSSR count). The van der Waals surface area contributed by atoms with Crippen LogP contribution in [0.1, 0.15) is 20.8 Å². The maximum absolute atomic E-state index is 5.82. The molecule has 1 fully saturated rings. The van der Waals surface area contributed by atoms with E-state index in [2.05, 4.69) is 37.6 Å². The first-order valence-corrected chi connectivity index (χ1v) is 6.25. The van der Waals surface area contributed by atoms with E-state index in [0.29, 0.717) is 12.6 Å². The minimum absolute atomic E-state index is 0.0636. The first-order chi connectivity index (χ1) is 7.49. The molecule has 0 aromatic carbocycles. The number of nitrogens with two attached hydrogens (primary N) is 1. The molecule has 1 atom stereocenters. The van der Waals surface area contributed by atoms with Crippen LogP contribution in [0.5, 0.6) is 0 Å². The molecule has 0 amide bonds. The summed E-state index contributed by atoms with van der Waals surface area (Å²) >= 11 is 0. The Morgan fingerprint density at radius 2 is 2.19 bits per heavy atom. The Balaban J connectivity index is 2.49. The standard InChI is InChI=1S/C12H27N3O/c1-5-15(12(2,3)10-13)9-11-8-14(4)6-7-16-11/h11H,5-10,13H2,1-4H3. The van der Waals surface area contributed by atoms with E-state index in [4.69, 9.17) is 10.5 Å². The summed E-state index contributed by atoms with van der Waals surface area (Å²) in [7, 11) is 2.15. The molecule has 1 aliphatic rings. The van der Waals surface area contributed by atoms with E-state index in [-0.39, 0.29) is 5.54 Å². The lowest BCUT2D eigenvalue weighted by Crippen LogP contribution is -2.54. The zero-order valence-electron chi connectivity index (χ0n) is 11.2. The van der Waals surface area contributed by atoms with Crippen LogP contribution in [0.15, 0.2) is 0 Å². The van der Waals surface area contributed by atoms with Gasteiger partial charge in [-0.2, -0.15) is 0 Å². The fourth-order valence-electron chi connectivity index (χ4n) is 2.16. The van der Waals surface area contributed by atoms with Crippen molar-refractivity contribution in [2.75, 3.05) is 46.4 Å². The Bertz CT molecular complexity index is 208. The van der Waals surface area contributed by atoms with Gasteiger partial charge in [-0.3, -0.25) is 4.90 Å². The summed E-state index contributed by atoms with van der Waals surface area (Å²) in [6.07, 6.45) is 0.324. The van der Waals surface area contributed by atoms with Crippen molar-refractivity contribution < 1.29 is 4.74 Å². The van der Waals surface area contributed by atoms with Crippen molar-refractivity contribution in [2.45, 2.75) is 32.4 Å². The van der Waals surface area contributed by atoms with Crippen LogP contribution in [0.4, 0.5) is 0 Å². The second-order valence-corrected chi connectivity index (χ2v) is 5.31. The van der Waals surface area contributed by atoms with E-state index >= 15 is 0 Å². The van der Waals surface area contributed by atoms with Crippen LogP contribution < -0.4 is 5.73 Å². The number of ether oxygens (including phenoxy) is 1. The molecule has 1 unspecified atom stereocenters. The molecule has 1 saturated heterocycles. The van der Waals surface area contributed by atoms with E-state index in [1.54, 1.807) is 0 Å². The third-order valence-electron chi connectivity index (χ3n) is 3.50. The van der Waals surface area contributed by atoms with Crippen molar-refractivity contribution in [3.63, 3.8) is 0 Å². The van der Waals surface area contributed by atoms with Gasteiger partial charge in [0.25, 0.3) is 0 Å². The summed E-state index contributed by atoms with van der Waals surface area (Å²) in [5, 5.41) is 0. The largest absolute Gasteiger partial charge is 0.374 e. The lowest BCUT2D eigenvalue weighted by Gasteiger charge is -2.41. The van der Waals surface area contributed by atoms with E-state index in [0.717, 1.165) is 32.8 Å². The minimum atomic E-state index is 0.0636. The first-order valence-electron chi connectivity index (χ1n) is 6.25. The number of likely N-dealkylation sites (N-methyl/N-ethyl adjacent to an activating group) is 2. The molecule has 4 heteroatoms. The summed E-state index contributed by atoms with van der Waals surface area (Å²) < 4.78 is 5.80. The molecule has 16 heavy (non-hydrogen) atoms. The first kappa shape index (κ1) is 13.9. The molecule has 1 heterocycles. The molecule has 0 aromatic rings. The predicted octanol–water partition coefficient (Wildman–Crippen LogP) is 0.376. The lowest BCUT2D eigenvalue weighted by atomic mass is 10.0. The highest BCUT2D eigenvalue weighted by molar-refractivity contribution is 4.84. The SMILES string of the molecule is CCN(CC1CN(C)CCO1)C(C)(C)CN. The second kappa shape index (κ2) is 5.96. The van der Waals surface area contributed by atoms with Gasteiger partial charge < -0.3 is 15.4 Å². The van der Waals surface area contributed by atoms with Gasteiger partial charge in [-0.05, 0) is 27.4 Å². The van der Waals surface area contributed by atoms with Crippen LogP contribution >= 0.6 is 0 Å². The summed E-state index contributed by atoms with van der Waals surface area (Å²) in [6, 6.07) is 0. The highest BCUT2D eigenvalue weighted by atomic mass is 16.5. The number of hydrogen-bond donors (Lipinski definition) is 1. The second-order valence-electron chi connectivity index (χ2n) is 5.31. The summed E-state index contributed by atoms with van der Waals surface area (Å²) in [5.41, 5.74) is 5.89. The topological polar surface area (TPSA) is 41.7 Å². The molecule has 0 radical (unpaired) electrons. The van der Waals surface area contributed by atoms with Crippen molar-refractivity contribution in [3.8, 4) is 0 Å². The van der Waals surface area contributed by atoms with Crippen LogP contribution in [0.25, 0.3) is 0 Å². The molecule has 2 N–H and O–H groups in total. The maximum Gasteiger partial charge on any atom is 0.0829 e. The zero-order chi connectivity index (χ0) is 12.2. The third-order valence-corrected chi connectivity index (χ3v) is 3.50. The highest BCUT2D eigenvalue weighted by Crippen LogP contribution is 2.15. The van der Waals surface area contributed by atoms with Gasteiger partial charge in [0.05, 0.1) is 12.7 Å². The molecule has 0 aliphatic carbocycles. The van der Waals surface area contributed by atoms with Crippen LogP contribution in [0, 0.1) is 0 Å². The maximum atomic E-state index is 5.82. The monoisotopic (exact) mass is 229 g/mol. The van der Waals surface area contributed by atoms with Gasteiger partial charge >= 0.3 is 0 Å². The summed E-state index contributed by atoms with van der Waals surface area (Å²) in [6.45, 7) is 12.2. The molecular formula is C12H27N3O. The molecule has 4 nitrogen and oxygen atoms in total. The average molecular weight is 229 g/mol. The van der Waals surface area contributed by atoms with Crippen LogP contribution in [-0.4, -0.2) is 67.8 Å². The average Bonchev–Trinajstić information content (AvgIpc) is 2.25. The Kier molecular flexibility index (Phi) is 5.18. The number of hydrogen-bond acceptors (Lipinski definition) is 4. The summed E-state index contributed by atoms with van der Waals surface area (Å²) in [4.78, 5) is 4.74. The zero-order valence-corrected chi connectivity index (χ0v) is 11.2. The number of morpholine rings is 1. The van der Waals surface area contributed by atoms with Crippen molar-refractivity contribution in [2.24, 2.45) is 5.73 Å². The van der Waals surface area contributed by atoms with Crippen molar-refractivity contribution in [1.82, 2.24) is 9.80 Å². The van der Waals surface area contributed by atoms with Gasteiger partial charge in [0.1, 0.15) is 0 Å². The number of rotatable bonds is 5. The third kappa shape index (κ3) is 3.70. The van der Waals surface area contributed by atoms with Gasteiger partial charge in [0.15, 0.2) is 0 Å². The smallest absolute Gasteiger partial charge is 0.0829 e. The molecule has 96 valence electrons. The normalized spacial score (nSPS) is 24.0. The fourth-order valence-corrected chi connectivity index (χ4v) is 2.16. The van der Waals surface area contributed by atoms with Gasteiger partial charge in [-0.15, -0.1) is 0 Å². The van der Waals surface area contributed by atoms with Crippen molar-refractivity contribution >= 4 is 0 Å². The van der Waals surface area contributed by atoms with Crippen molar-refractivity contribution in [1.29, 1.82) is 0 Å². The predicted molar refractivity (Wildman–Crippen MR) is 67.6 cm³/mol. The highest BCUT2D eigenvalue weighted by Gasteiger charge is 2.28. The Morgan fingerprint density at radius 1 is 1.50 bits per heavy atom. The van der Waals surface area contributed by atoms with Gasteiger partial charge in [-0.25, -0.2) is 0 Å². The molecule has 0 bridgehead atoms. The van der Waals surface area contributed by atoms with E-state index in [1.807, 2.05) is 0 Å². The fraction of sp³-hybridized carbons (Fsp3) is 1.00. The molecule has 0 spiro atoms. The van der Waals surface area contributed by atoms with Gasteiger partial charge in [-0.1, -0.05) is 6.92 Å². The minimum Gasteiger partial charge on any atom is -0.374 e. The molecule has 0 aromatic heterocycles. The summed E-state index contributed by atoms with van der Waals surface area (Å²) in [5.74, 6) is 0. The Hall–Kier alpha value is -0.160. The van der Waals surface area contributed by atoms with E-state index in [1.165, 1.54) is 0 Å². The van der Waals surface area contributed by atoms with E-state index in [9.17, 15) is 0 Å².